The Hall–Kier alpha value is -0.970. The number of nitrogens with one attached hydrogen (secondary N) is 1. The Morgan fingerprint density at radius 1 is 1.47 bits per heavy atom. The average molecular weight is 210 g/mol. The van der Waals surface area contributed by atoms with E-state index in [2.05, 4.69) is 10.3 Å². The second-order valence-electron chi connectivity index (χ2n) is 4.04. The number of aromatic nitrogens is 1. The molecule has 0 aliphatic carbocycles. The first kappa shape index (κ1) is 12.1. The van der Waals surface area contributed by atoms with Crippen LogP contribution in [0.15, 0.2) is 24.5 Å². The summed E-state index contributed by atoms with van der Waals surface area (Å²) in [6.07, 6.45) is 3.47. The van der Waals surface area contributed by atoms with Crippen molar-refractivity contribution in [2.24, 2.45) is 0 Å². The predicted molar refractivity (Wildman–Crippen MR) is 58.4 cm³/mol. The number of hydrogen-bond donors (Lipinski definition) is 3. The molecule has 3 N–H and O–H groups in total. The standard InChI is InChI=1S/C11H18N2O2/c1-9(10-3-5-12-6-4-10)13-7-11(2,15)8-14/h3-6,9,13-15H,7-8H2,1-2H3. The van der Waals surface area contributed by atoms with Crippen molar-refractivity contribution in [1.82, 2.24) is 10.3 Å². The van der Waals surface area contributed by atoms with Crippen molar-refractivity contribution in [3.05, 3.63) is 30.1 Å². The fraction of sp³-hybridized carbons (Fsp3) is 0.545. The van der Waals surface area contributed by atoms with Gasteiger partial charge in [-0.3, -0.25) is 4.98 Å². The van der Waals surface area contributed by atoms with E-state index in [1.165, 1.54) is 0 Å². The molecule has 0 radical (unpaired) electrons. The molecule has 2 unspecified atom stereocenters. The number of nitrogens with zero attached hydrogens (tertiary/aromatic N) is 1. The van der Waals surface area contributed by atoms with Crippen molar-refractivity contribution in [2.75, 3.05) is 13.2 Å². The highest BCUT2D eigenvalue weighted by molar-refractivity contribution is 5.13. The highest BCUT2D eigenvalue weighted by Gasteiger charge is 2.19. The molecule has 1 heterocycles. The minimum absolute atomic E-state index is 0.131. The van der Waals surface area contributed by atoms with E-state index < -0.39 is 5.60 Å². The number of pyridine rings is 1. The van der Waals surface area contributed by atoms with Crippen molar-refractivity contribution in [3.63, 3.8) is 0 Å². The molecule has 0 saturated heterocycles. The molecule has 0 fully saturated rings. The molecule has 0 amide bonds. The molecule has 0 aromatic carbocycles. The Balaban J connectivity index is 2.47. The molecule has 0 spiro atoms. The zero-order chi connectivity index (χ0) is 11.3. The van der Waals surface area contributed by atoms with Gasteiger partial charge in [-0.25, -0.2) is 0 Å². The van der Waals surface area contributed by atoms with Gasteiger partial charge in [0.25, 0.3) is 0 Å². The van der Waals surface area contributed by atoms with Crippen molar-refractivity contribution < 1.29 is 10.2 Å². The van der Waals surface area contributed by atoms with E-state index >= 15 is 0 Å². The second kappa shape index (κ2) is 5.21. The molecule has 0 bridgehead atoms. The predicted octanol–water partition coefficient (Wildman–Crippen LogP) is 0.475. The third-order valence-corrected chi connectivity index (χ3v) is 2.34. The lowest BCUT2D eigenvalue weighted by Crippen LogP contribution is -2.41. The van der Waals surface area contributed by atoms with Crippen LogP contribution in [-0.4, -0.2) is 33.9 Å². The van der Waals surface area contributed by atoms with E-state index in [1.54, 1.807) is 19.3 Å². The summed E-state index contributed by atoms with van der Waals surface area (Å²) in [5.74, 6) is 0. The third kappa shape index (κ3) is 3.95. The molecule has 4 heteroatoms. The minimum Gasteiger partial charge on any atom is -0.393 e. The molecule has 15 heavy (non-hydrogen) atoms. The van der Waals surface area contributed by atoms with Gasteiger partial charge in [-0.1, -0.05) is 0 Å². The Morgan fingerprint density at radius 2 is 2.07 bits per heavy atom. The fourth-order valence-electron chi connectivity index (χ4n) is 1.20. The summed E-state index contributed by atoms with van der Waals surface area (Å²) in [5.41, 5.74) is 0.0418. The summed E-state index contributed by atoms with van der Waals surface area (Å²) >= 11 is 0. The molecule has 4 nitrogen and oxygen atoms in total. The summed E-state index contributed by atoms with van der Waals surface area (Å²) in [4.78, 5) is 3.94. The summed E-state index contributed by atoms with van der Waals surface area (Å²) in [6, 6.07) is 3.97. The molecule has 1 rings (SSSR count). The third-order valence-electron chi connectivity index (χ3n) is 2.34. The topological polar surface area (TPSA) is 65.4 Å². The Labute approximate surface area is 90.0 Å². The highest BCUT2D eigenvalue weighted by Crippen LogP contribution is 2.11. The van der Waals surface area contributed by atoms with Gasteiger partial charge in [0, 0.05) is 25.0 Å². The molecule has 2 atom stereocenters. The summed E-state index contributed by atoms with van der Waals surface area (Å²) < 4.78 is 0. The summed E-state index contributed by atoms with van der Waals surface area (Å²) in [5, 5.41) is 21.6. The lowest BCUT2D eigenvalue weighted by atomic mass is 10.1. The first-order valence-corrected chi connectivity index (χ1v) is 5.02. The number of hydrogen-bond acceptors (Lipinski definition) is 4. The molecule has 0 aliphatic heterocycles. The number of aliphatic hydroxyl groups is 2. The van der Waals surface area contributed by atoms with Gasteiger partial charge in [-0.05, 0) is 31.5 Å². The van der Waals surface area contributed by atoms with E-state index in [-0.39, 0.29) is 12.6 Å². The van der Waals surface area contributed by atoms with Gasteiger partial charge in [-0.15, -0.1) is 0 Å². The lowest BCUT2D eigenvalue weighted by Gasteiger charge is -2.23. The van der Waals surface area contributed by atoms with Crippen LogP contribution >= 0.6 is 0 Å². The minimum atomic E-state index is -1.07. The van der Waals surface area contributed by atoms with Crippen LogP contribution in [0.2, 0.25) is 0 Å². The van der Waals surface area contributed by atoms with Gasteiger partial charge in [-0.2, -0.15) is 0 Å². The molecule has 0 saturated carbocycles. The number of aliphatic hydroxyl groups excluding tert-OH is 1. The molecule has 0 aliphatic rings. The van der Waals surface area contributed by atoms with Gasteiger partial charge < -0.3 is 15.5 Å². The van der Waals surface area contributed by atoms with Crippen LogP contribution in [0.3, 0.4) is 0 Å². The van der Waals surface area contributed by atoms with Crippen LogP contribution in [0, 0.1) is 0 Å². The zero-order valence-corrected chi connectivity index (χ0v) is 9.14. The van der Waals surface area contributed by atoms with E-state index in [9.17, 15) is 5.11 Å². The van der Waals surface area contributed by atoms with Crippen LogP contribution < -0.4 is 5.32 Å². The maximum Gasteiger partial charge on any atom is 0.0973 e. The normalized spacial score (nSPS) is 17.1. The highest BCUT2D eigenvalue weighted by atomic mass is 16.3. The molecular formula is C11H18N2O2. The fourth-order valence-corrected chi connectivity index (χ4v) is 1.20. The first-order chi connectivity index (χ1) is 7.05. The van der Waals surface area contributed by atoms with Crippen LogP contribution in [-0.2, 0) is 0 Å². The maximum absolute atomic E-state index is 9.59. The van der Waals surface area contributed by atoms with Crippen molar-refractivity contribution >= 4 is 0 Å². The second-order valence-corrected chi connectivity index (χ2v) is 4.04. The van der Waals surface area contributed by atoms with Crippen molar-refractivity contribution in [3.8, 4) is 0 Å². The van der Waals surface area contributed by atoms with E-state index in [1.807, 2.05) is 19.1 Å². The SMILES string of the molecule is CC(NCC(C)(O)CO)c1ccncc1. The van der Waals surface area contributed by atoms with Gasteiger partial charge in [0.15, 0.2) is 0 Å². The number of rotatable bonds is 5. The molecule has 1 aromatic heterocycles. The monoisotopic (exact) mass is 210 g/mol. The van der Waals surface area contributed by atoms with Crippen molar-refractivity contribution in [2.45, 2.75) is 25.5 Å². The van der Waals surface area contributed by atoms with E-state index in [0.717, 1.165) is 5.56 Å². The smallest absolute Gasteiger partial charge is 0.0973 e. The van der Waals surface area contributed by atoms with Crippen LogP contribution in [0.5, 0.6) is 0 Å². The molecule has 1 aromatic rings. The van der Waals surface area contributed by atoms with E-state index in [0.29, 0.717) is 6.54 Å². The van der Waals surface area contributed by atoms with Crippen molar-refractivity contribution in [1.29, 1.82) is 0 Å². The van der Waals surface area contributed by atoms with Crippen LogP contribution in [0.25, 0.3) is 0 Å². The Kier molecular flexibility index (Phi) is 4.20. The molecule has 84 valence electrons. The Morgan fingerprint density at radius 3 is 2.60 bits per heavy atom. The van der Waals surface area contributed by atoms with E-state index in [4.69, 9.17) is 5.11 Å². The van der Waals surface area contributed by atoms with Gasteiger partial charge in [0.2, 0.25) is 0 Å². The summed E-state index contributed by atoms with van der Waals surface area (Å²) in [7, 11) is 0. The van der Waals surface area contributed by atoms with Gasteiger partial charge in [0.1, 0.15) is 0 Å². The van der Waals surface area contributed by atoms with Gasteiger partial charge in [0.05, 0.1) is 12.2 Å². The molecular weight excluding hydrogens is 192 g/mol. The van der Waals surface area contributed by atoms with Gasteiger partial charge >= 0.3 is 0 Å². The first-order valence-electron chi connectivity index (χ1n) is 5.02. The largest absolute Gasteiger partial charge is 0.393 e. The average Bonchev–Trinajstić information content (AvgIpc) is 2.27. The lowest BCUT2D eigenvalue weighted by molar-refractivity contribution is 0.00106. The van der Waals surface area contributed by atoms with Crippen LogP contribution in [0.4, 0.5) is 0 Å². The zero-order valence-electron chi connectivity index (χ0n) is 9.14. The van der Waals surface area contributed by atoms with Crippen LogP contribution in [0.1, 0.15) is 25.5 Å². The maximum atomic E-state index is 9.59. The quantitative estimate of drug-likeness (QED) is 0.661. The summed E-state index contributed by atoms with van der Waals surface area (Å²) in [6.45, 7) is 3.71. The Bertz CT molecular complexity index is 288.